The van der Waals surface area contributed by atoms with E-state index in [1.54, 1.807) is 13.2 Å². The van der Waals surface area contributed by atoms with Crippen molar-refractivity contribution in [3.63, 3.8) is 0 Å². The number of nitrogen functional groups attached to an aromatic ring is 1. The van der Waals surface area contributed by atoms with Crippen LogP contribution in [0.4, 0.5) is 5.69 Å². The molecule has 0 saturated heterocycles. The third-order valence-electron chi connectivity index (χ3n) is 2.24. The van der Waals surface area contributed by atoms with Gasteiger partial charge in [0.15, 0.2) is 0 Å². The van der Waals surface area contributed by atoms with Crippen molar-refractivity contribution >= 4 is 5.69 Å². The lowest BCUT2D eigenvalue weighted by atomic mass is 10.1. The third kappa shape index (κ3) is 1.41. The second-order valence-electron chi connectivity index (χ2n) is 3.16. The fraction of sp³-hybridized carbons (Fsp3) is 0.400. The lowest BCUT2D eigenvalue weighted by molar-refractivity contribution is 0.289. The molecule has 2 rings (SSSR count). The standard InChI is InChI=1S/C10H13NO2/c1-12-8-5-7-3-2-4-13-10(7)9(11)6-8/h5-6H,2-4,11H2,1H3. The summed E-state index contributed by atoms with van der Waals surface area (Å²) in [7, 11) is 1.64. The quantitative estimate of drug-likeness (QED) is 0.666. The summed E-state index contributed by atoms with van der Waals surface area (Å²) in [4.78, 5) is 0. The average molecular weight is 179 g/mol. The summed E-state index contributed by atoms with van der Waals surface area (Å²) < 4.78 is 10.6. The lowest BCUT2D eigenvalue weighted by Crippen LogP contribution is -2.10. The van der Waals surface area contributed by atoms with Gasteiger partial charge in [0.05, 0.1) is 19.4 Å². The Morgan fingerprint density at radius 1 is 1.46 bits per heavy atom. The predicted octanol–water partition coefficient (Wildman–Crippen LogP) is 1.60. The molecule has 1 aromatic carbocycles. The molecule has 1 aliphatic rings. The highest BCUT2D eigenvalue weighted by atomic mass is 16.5. The largest absolute Gasteiger partial charge is 0.497 e. The van der Waals surface area contributed by atoms with E-state index in [-0.39, 0.29) is 0 Å². The SMILES string of the molecule is COc1cc(N)c2c(c1)CCCO2. The van der Waals surface area contributed by atoms with Crippen LogP contribution in [0.2, 0.25) is 0 Å². The maximum absolute atomic E-state index is 5.81. The van der Waals surface area contributed by atoms with E-state index in [1.165, 1.54) is 0 Å². The van der Waals surface area contributed by atoms with Gasteiger partial charge in [0.25, 0.3) is 0 Å². The Morgan fingerprint density at radius 3 is 3.08 bits per heavy atom. The molecule has 0 atom stereocenters. The maximum atomic E-state index is 5.81. The fourth-order valence-electron chi connectivity index (χ4n) is 1.60. The summed E-state index contributed by atoms with van der Waals surface area (Å²) in [5, 5.41) is 0. The first kappa shape index (κ1) is 8.23. The van der Waals surface area contributed by atoms with Crippen molar-refractivity contribution in [3.05, 3.63) is 17.7 Å². The van der Waals surface area contributed by atoms with E-state index in [4.69, 9.17) is 15.2 Å². The predicted molar refractivity (Wildman–Crippen MR) is 51.2 cm³/mol. The average Bonchev–Trinajstić information content (AvgIpc) is 2.18. The number of hydrogen-bond donors (Lipinski definition) is 1. The molecule has 0 radical (unpaired) electrons. The van der Waals surface area contributed by atoms with E-state index in [9.17, 15) is 0 Å². The molecule has 1 heterocycles. The van der Waals surface area contributed by atoms with E-state index in [0.717, 1.165) is 36.5 Å². The van der Waals surface area contributed by atoms with E-state index in [0.29, 0.717) is 5.69 Å². The fourth-order valence-corrected chi connectivity index (χ4v) is 1.60. The van der Waals surface area contributed by atoms with Gasteiger partial charge < -0.3 is 15.2 Å². The second kappa shape index (κ2) is 3.17. The molecule has 0 saturated carbocycles. The van der Waals surface area contributed by atoms with Crippen LogP contribution in [-0.4, -0.2) is 13.7 Å². The monoisotopic (exact) mass is 179 g/mol. The summed E-state index contributed by atoms with van der Waals surface area (Å²) >= 11 is 0. The molecule has 1 aromatic rings. The molecule has 0 unspecified atom stereocenters. The normalized spacial score (nSPS) is 14.5. The molecule has 0 fully saturated rings. The Kier molecular flexibility index (Phi) is 2.00. The number of ether oxygens (including phenoxy) is 2. The highest BCUT2D eigenvalue weighted by Crippen LogP contribution is 2.34. The van der Waals surface area contributed by atoms with Crippen molar-refractivity contribution in [3.8, 4) is 11.5 Å². The van der Waals surface area contributed by atoms with Gasteiger partial charge in [-0.1, -0.05) is 0 Å². The van der Waals surface area contributed by atoms with Crippen molar-refractivity contribution in [1.82, 2.24) is 0 Å². The van der Waals surface area contributed by atoms with Crippen LogP contribution in [0.5, 0.6) is 11.5 Å². The van der Waals surface area contributed by atoms with Crippen molar-refractivity contribution in [1.29, 1.82) is 0 Å². The summed E-state index contributed by atoms with van der Waals surface area (Å²) in [6.45, 7) is 0.767. The summed E-state index contributed by atoms with van der Waals surface area (Å²) in [5.41, 5.74) is 7.64. The number of rotatable bonds is 1. The molecule has 0 bridgehead atoms. The van der Waals surface area contributed by atoms with Crippen LogP contribution in [0.3, 0.4) is 0 Å². The third-order valence-corrected chi connectivity index (χ3v) is 2.24. The number of fused-ring (bicyclic) bond motifs is 1. The number of hydrogen-bond acceptors (Lipinski definition) is 3. The number of benzene rings is 1. The number of anilines is 1. The zero-order chi connectivity index (χ0) is 9.26. The first-order chi connectivity index (χ1) is 6.31. The van der Waals surface area contributed by atoms with Gasteiger partial charge in [-0.25, -0.2) is 0 Å². The molecular formula is C10H13NO2. The van der Waals surface area contributed by atoms with Crippen LogP contribution in [0.25, 0.3) is 0 Å². The van der Waals surface area contributed by atoms with Crippen molar-refractivity contribution in [2.45, 2.75) is 12.8 Å². The van der Waals surface area contributed by atoms with Crippen LogP contribution < -0.4 is 15.2 Å². The van der Waals surface area contributed by atoms with Gasteiger partial charge in [-0.2, -0.15) is 0 Å². The molecule has 0 aliphatic carbocycles. The van der Waals surface area contributed by atoms with E-state index in [1.807, 2.05) is 6.07 Å². The Hall–Kier alpha value is -1.38. The van der Waals surface area contributed by atoms with Crippen LogP contribution in [0.15, 0.2) is 12.1 Å². The molecule has 0 aromatic heterocycles. The lowest BCUT2D eigenvalue weighted by Gasteiger charge is -2.19. The van der Waals surface area contributed by atoms with Gasteiger partial charge >= 0.3 is 0 Å². The molecule has 1 aliphatic heterocycles. The second-order valence-corrected chi connectivity index (χ2v) is 3.16. The van der Waals surface area contributed by atoms with Gasteiger partial charge in [0.1, 0.15) is 11.5 Å². The Bertz CT molecular complexity index is 323. The minimum atomic E-state index is 0.675. The number of methoxy groups -OCH3 is 1. The molecule has 70 valence electrons. The summed E-state index contributed by atoms with van der Waals surface area (Å²) in [6.07, 6.45) is 2.08. The first-order valence-electron chi connectivity index (χ1n) is 4.40. The first-order valence-corrected chi connectivity index (χ1v) is 4.40. The van der Waals surface area contributed by atoms with Crippen molar-refractivity contribution in [2.24, 2.45) is 0 Å². The smallest absolute Gasteiger partial charge is 0.145 e. The van der Waals surface area contributed by atoms with Crippen LogP contribution in [0, 0.1) is 0 Å². The van der Waals surface area contributed by atoms with Crippen molar-refractivity contribution < 1.29 is 9.47 Å². The van der Waals surface area contributed by atoms with Crippen LogP contribution in [-0.2, 0) is 6.42 Å². The minimum absolute atomic E-state index is 0.675. The molecule has 13 heavy (non-hydrogen) atoms. The Morgan fingerprint density at radius 2 is 2.31 bits per heavy atom. The maximum Gasteiger partial charge on any atom is 0.145 e. The van der Waals surface area contributed by atoms with Crippen molar-refractivity contribution in [2.75, 3.05) is 19.5 Å². The van der Waals surface area contributed by atoms with Gasteiger partial charge in [0, 0.05) is 11.6 Å². The molecule has 3 nitrogen and oxygen atoms in total. The Balaban J connectivity index is 2.47. The topological polar surface area (TPSA) is 44.5 Å². The van der Waals surface area contributed by atoms with E-state index < -0.39 is 0 Å². The summed E-state index contributed by atoms with van der Waals surface area (Å²) in [5.74, 6) is 1.65. The summed E-state index contributed by atoms with van der Waals surface area (Å²) in [6, 6.07) is 3.79. The number of nitrogens with two attached hydrogens (primary N) is 1. The van der Waals surface area contributed by atoms with E-state index in [2.05, 4.69) is 0 Å². The molecule has 0 amide bonds. The molecule has 3 heteroatoms. The molecule has 2 N–H and O–H groups in total. The Labute approximate surface area is 77.5 Å². The highest BCUT2D eigenvalue weighted by molar-refractivity contribution is 5.61. The van der Waals surface area contributed by atoms with Gasteiger partial charge in [-0.15, -0.1) is 0 Å². The van der Waals surface area contributed by atoms with E-state index >= 15 is 0 Å². The highest BCUT2D eigenvalue weighted by Gasteiger charge is 2.14. The van der Waals surface area contributed by atoms with Gasteiger partial charge in [-0.05, 0) is 18.9 Å². The van der Waals surface area contributed by atoms with Crippen LogP contribution in [0.1, 0.15) is 12.0 Å². The number of aryl methyl sites for hydroxylation is 1. The van der Waals surface area contributed by atoms with Gasteiger partial charge in [0.2, 0.25) is 0 Å². The van der Waals surface area contributed by atoms with Crippen LogP contribution >= 0.6 is 0 Å². The molecular weight excluding hydrogens is 166 g/mol. The zero-order valence-corrected chi connectivity index (χ0v) is 7.67. The molecule has 0 spiro atoms. The minimum Gasteiger partial charge on any atom is -0.497 e. The van der Waals surface area contributed by atoms with Gasteiger partial charge in [-0.3, -0.25) is 0 Å². The zero-order valence-electron chi connectivity index (χ0n) is 7.67.